The fourth-order valence-corrected chi connectivity index (χ4v) is 3.88. The molecule has 1 aliphatic heterocycles. The van der Waals surface area contributed by atoms with Crippen LogP contribution in [0.2, 0.25) is 5.02 Å². The maximum absolute atomic E-state index is 10.4. The average molecular weight is 402 g/mol. The lowest BCUT2D eigenvalue weighted by Crippen LogP contribution is -2.28. The van der Waals surface area contributed by atoms with Crippen LogP contribution in [0.25, 0.3) is 16.8 Å². The number of aliphatic hydroxyl groups excluding tert-OH is 1. The van der Waals surface area contributed by atoms with E-state index in [1.165, 1.54) is 11.3 Å². The van der Waals surface area contributed by atoms with E-state index < -0.39 is 0 Å². The van der Waals surface area contributed by atoms with E-state index in [0.717, 1.165) is 11.3 Å². The maximum atomic E-state index is 10.4. The first-order valence-corrected chi connectivity index (χ1v) is 9.54. The van der Waals surface area contributed by atoms with Gasteiger partial charge < -0.3 is 14.5 Å². The lowest BCUT2D eigenvalue weighted by atomic mass is 10.2. The van der Waals surface area contributed by atoms with E-state index in [-0.39, 0.29) is 18.1 Å². The summed E-state index contributed by atoms with van der Waals surface area (Å²) in [6, 6.07) is 7.42. The second-order valence-electron chi connectivity index (χ2n) is 6.12. The summed E-state index contributed by atoms with van der Waals surface area (Å²) in [5, 5.41) is 25.8. The summed E-state index contributed by atoms with van der Waals surface area (Å²) in [6.45, 7) is 2.54. The maximum Gasteiger partial charge on any atom is 0.228 e. The van der Waals surface area contributed by atoms with Crippen molar-refractivity contribution in [1.82, 2.24) is 20.0 Å². The lowest BCUT2D eigenvalue weighted by molar-refractivity contribution is 0.330. The molecule has 27 heavy (non-hydrogen) atoms. The predicted molar refractivity (Wildman–Crippen MR) is 104 cm³/mol. The van der Waals surface area contributed by atoms with Gasteiger partial charge in [-0.3, -0.25) is 5.41 Å². The van der Waals surface area contributed by atoms with Gasteiger partial charge in [-0.15, -0.1) is 11.3 Å². The largest absolute Gasteiger partial charge is 0.510 e. The molecule has 1 aromatic carbocycles. The Balaban J connectivity index is 1.49. The summed E-state index contributed by atoms with van der Waals surface area (Å²) in [5.74, 6) is 1.51. The minimum Gasteiger partial charge on any atom is -0.510 e. The molecule has 138 valence electrons. The Kier molecular flexibility index (Phi) is 4.67. The molecule has 2 N–H and O–H groups in total. The molecule has 0 radical (unpaired) electrons. The molecule has 9 heteroatoms. The fraction of sp³-hybridized carbons (Fsp3) is 0.222. The van der Waals surface area contributed by atoms with Crippen LogP contribution in [0.1, 0.15) is 16.7 Å². The Labute approximate surface area is 164 Å². The van der Waals surface area contributed by atoms with Crippen molar-refractivity contribution in [1.29, 1.82) is 5.41 Å². The monoisotopic (exact) mass is 401 g/mol. The molecular weight excluding hydrogens is 386 g/mol. The van der Waals surface area contributed by atoms with Crippen LogP contribution in [0.15, 0.2) is 39.9 Å². The highest BCUT2D eigenvalue weighted by molar-refractivity contribution is 7.11. The smallest absolute Gasteiger partial charge is 0.228 e. The highest BCUT2D eigenvalue weighted by Gasteiger charge is 2.30. The van der Waals surface area contributed by atoms with Gasteiger partial charge in [0.05, 0.1) is 17.8 Å². The molecule has 4 rings (SSSR count). The molecule has 0 spiro atoms. The summed E-state index contributed by atoms with van der Waals surface area (Å²) in [5.41, 5.74) is 2.21. The first-order valence-electron chi connectivity index (χ1n) is 8.28. The van der Waals surface area contributed by atoms with Crippen LogP contribution in [-0.2, 0) is 6.42 Å². The third-order valence-electron chi connectivity index (χ3n) is 4.21. The number of thiazole rings is 1. The quantitative estimate of drug-likeness (QED) is 0.671. The van der Waals surface area contributed by atoms with Crippen LogP contribution in [0, 0.1) is 12.3 Å². The number of aryl methyl sites for hydroxylation is 1. The van der Waals surface area contributed by atoms with E-state index >= 15 is 0 Å². The third-order valence-corrected chi connectivity index (χ3v) is 5.32. The molecule has 0 amide bonds. The zero-order valence-corrected chi connectivity index (χ0v) is 16.0. The average Bonchev–Trinajstić information content (AvgIpc) is 3.34. The topological polar surface area (TPSA) is 99.1 Å². The van der Waals surface area contributed by atoms with Crippen molar-refractivity contribution < 1.29 is 9.63 Å². The molecule has 3 heterocycles. The van der Waals surface area contributed by atoms with Gasteiger partial charge in [0, 0.05) is 28.9 Å². The van der Waals surface area contributed by atoms with Crippen LogP contribution in [0.3, 0.4) is 0 Å². The van der Waals surface area contributed by atoms with E-state index in [0.29, 0.717) is 40.3 Å². The summed E-state index contributed by atoms with van der Waals surface area (Å²) < 4.78 is 5.10. The van der Waals surface area contributed by atoms with E-state index in [2.05, 4.69) is 15.1 Å². The van der Waals surface area contributed by atoms with Gasteiger partial charge in [0.1, 0.15) is 16.6 Å². The molecule has 0 bridgehead atoms. The number of benzene rings is 1. The van der Waals surface area contributed by atoms with Gasteiger partial charge in [-0.05, 0) is 19.1 Å². The summed E-state index contributed by atoms with van der Waals surface area (Å²) >= 11 is 7.33. The third kappa shape index (κ3) is 3.58. The Bertz CT molecular complexity index is 1020. The second-order valence-corrected chi connectivity index (χ2v) is 7.42. The van der Waals surface area contributed by atoms with Crippen LogP contribution in [0.4, 0.5) is 0 Å². The molecular formula is C18H16ClN5O2S. The van der Waals surface area contributed by atoms with E-state index in [4.69, 9.17) is 21.5 Å². The highest BCUT2D eigenvalue weighted by Crippen LogP contribution is 2.32. The Morgan fingerprint density at radius 3 is 2.78 bits per heavy atom. The summed E-state index contributed by atoms with van der Waals surface area (Å²) in [7, 11) is 0. The Morgan fingerprint density at radius 1 is 1.30 bits per heavy atom. The van der Waals surface area contributed by atoms with Crippen LogP contribution in [0.5, 0.6) is 0 Å². The van der Waals surface area contributed by atoms with E-state index in [1.807, 2.05) is 29.6 Å². The number of halogens is 1. The molecule has 3 aromatic rings. The molecule has 0 atom stereocenters. The van der Waals surface area contributed by atoms with Crippen molar-refractivity contribution in [2.24, 2.45) is 0 Å². The zero-order valence-electron chi connectivity index (χ0n) is 14.4. The number of nitrogens with one attached hydrogen (secondary N) is 1. The SMILES string of the molecule is Cc1noc(CCN2CC(O)=C(c3nc(-c4ccc(Cl)cc4)cs3)C2=N)n1. The van der Waals surface area contributed by atoms with E-state index in [9.17, 15) is 5.11 Å². The van der Waals surface area contributed by atoms with Crippen LogP contribution >= 0.6 is 22.9 Å². The normalized spacial score (nSPS) is 14.4. The number of rotatable bonds is 5. The van der Waals surface area contributed by atoms with Gasteiger partial charge in [-0.25, -0.2) is 4.98 Å². The fourth-order valence-electron chi connectivity index (χ4n) is 2.86. The first kappa shape index (κ1) is 17.7. The molecule has 0 fully saturated rings. The molecule has 0 aliphatic carbocycles. The van der Waals surface area contributed by atoms with Crippen molar-refractivity contribution in [3.8, 4) is 11.3 Å². The number of aliphatic hydroxyl groups is 1. The number of amidine groups is 1. The zero-order chi connectivity index (χ0) is 19.0. The minimum atomic E-state index is 0.152. The molecule has 0 saturated carbocycles. The number of nitrogens with zero attached hydrogens (tertiary/aromatic N) is 4. The van der Waals surface area contributed by atoms with Crippen molar-refractivity contribution in [3.05, 3.63) is 57.2 Å². The second kappa shape index (κ2) is 7.13. The standard InChI is InChI=1S/C18H16ClN5O2S/c1-10-21-15(26-23-10)6-7-24-8-14(25)16(17(24)20)18-22-13(9-27-18)11-2-4-12(19)5-3-11/h2-5,9,20,25H,6-8H2,1H3. The first-order chi connectivity index (χ1) is 13.0. The van der Waals surface area contributed by atoms with Gasteiger partial charge in [0.2, 0.25) is 5.89 Å². The lowest BCUT2D eigenvalue weighted by Gasteiger charge is -2.16. The molecule has 0 unspecified atom stereocenters. The van der Waals surface area contributed by atoms with Crippen molar-refractivity contribution >= 4 is 34.3 Å². The van der Waals surface area contributed by atoms with Crippen LogP contribution in [-0.4, -0.2) is 44.1 Å². The summed E-state index contributed by atoms with van der Waals surface area (Å²) in [6.07, 6.45) is 0.512. The highest BCUT2D eigenvalue weighted by atomic mass is 35.5. The van der Waals surface area contributed by atoms with Gasteiger partial charge in [0.25, 0.3) is 0 Å². The Hall–Kier alpha value is -2.71. The van der Waals surface area contributed by atoms with Crippen molar-refractivity contribution in [2.75, 3.05) is 13.1 Å². The summed E-state index contributed by atoms with van der Waals surface area (Å²) in [4.78, 5) is 10.5. The van der Waals surface area contributed by atoms with Gasteiger partial charge in [-0.1, -0.05) is 28.9 Å². The number of hydrogen-bond acceptors (Lipinski definition) is 7. The molecule has 2 aromatic heterocycles. The van der Waals surface area contributed by atoms with Crippen molar-refractivity contribution in [3.63, 3.8) is 0 Å². The number of hydrogen-bond donors (Lipinski definition) is 2. The minimum absolute atomic E-state index is 0.152. The predicted octanol–water partition coefficient (Wildman–Crippen LogP) is 3.96. The molecule has 1 aliphatic rings. The van der Waals surface area contributed by atoms with Gasteiger partial charge in [-0.2, -0.15) is 4.98 Å². The van der Waals surface area contributed by atoms with Crippen molar-refractivity contribution in [2.45, 2.75) is 13.3 Å². The molecule has 0 saturated heterocycles. The number of aromatic nitrogens is 3. The Morgan fingerprint density at radius 2 is 2.07 bits per heavy atom. The van der Waals surface area contributed by atoms with Gasteiger partial charge >= 0.3 is 0 Å². The molecule has 7 nitrogen and oxygen atoms in total. The van der Waals surface area contributed by atoms with Crippen LogP contribution < -0.4 is 0 Å². The van der Waals surface area contributed by atoms with Gasteiger partial charge in [0.15, 0.2) is 5.82 Å². The van der Waals surface area contributed by atoms with E-state index in [1.54, 1.807) is 11.8 Å².